The molecule has 36 heavy (non-hydrogen) atoms. The van der Waals surface area contributed by atoms with Crippen LogP contribution in [0, 0.1) is 0 Å². The van der Waals surface area contributed by atoms with E-state index in [9.17, 15) is 54.0 Å². The highest BCUT2D eigenvalue weighted by Crippen LogP contribution is 2.61. The Labute approximate surface area is 199 Å². The average molecular weight is 566 g/mol. The van der Waals surface area contributed by atoms with Crippen LogP contribution >= 0.6 is 15.6 Å². The standard InChI is InChI=1S/C15H24N2O17P2/c18-3-5-8(20)10(22)12(24)14(32-5)33-36(28,29)34-35(26,27)30-4-6-9(21)11(23)13(31-6)17-2-1-7(19)16-15(17)25/h1-2,5-6,8-14,18,20-24H,3-4H2,(H,26,27)(H,28,29)(H,16,19,25)/t5?,6-,8+,9+,10-,11?,12?,13-,14-/m1/s1. The van der Waals surface area contributed by atoms with Crippen molar-refractivity contribution in [3.63, 3.8) is 0 Å². The zero-order valence-electron chi connectivity index (χ0n) is 17.9. The molecule has 5 unspecified atom stereocenters. The van der Waals surface area contributed by atoms with Crippen molar-refractivity contribution in [2.45, 2.75) is 55.2 Å². The molecule has 0 spiro atoms. The van der Waals surface area contributed by atoms with E-state index < -0.39 is 95.4 Å². The maximum atomic E-state index is 12.2. The number of aliphatic hydroxyl groups excluding tert-OH is 6. The van der Waals surface area contributed by atoms with Crippen LogP contribution in [0.3, 0.4) is 0 Å². The minimum Gasteiger partial charge on any atom is -0.394 e. The van der Waals surface area contributed by atoms with Crippen molar-refractivity contribution in [1.82, 2.24) is 9.55 Å². The monoisotopic (exact) mass is 566 g/mol. The first-order valence-electron chi connectivity index (χ1n) is 9.99. The highest BCUT2D eigenvalue weighted by Gasteiger charge is 2.49. The molecule has 19 nitrogen and oxygen atoms in total. The molecule has 2 aliphatic rings. The van der Waals surface area contributed by atoms with Crippen LogP contribution in [0.15, 0.2) is 21.9 Å². The number of nitrogens with one attached hydrogen (secondary N) is 1. The van der Waals surface area contributed by atoms with Gasteiger partial charge in [-0.1, -0.05) is 0 Å². The summed E-state index contributed by atoms with van der Waals surface area (Å²) in [5, 5.41) is 58.6. The summed E-state index contributed by atoms with van der Waals surface area (Å²) in [5.74, 6) is 0. The van der Waals surface area contributed by atoms with Crippen LogP contribution in [0.1, 0.15) is 6.23 Å². The number of nitrogens with zero attached hydrogens (tertiary/aromatic N) is 1. The van der Waals surface area contributed by atoms with Crippen molar-refractivity contribution in [3.05, 3.63) is 33.1 Å². The van der Waals surface area contributed by atoms with Crippen LogP contribution in [-0.2, 0) is 32.0 Å². The van der Waals surface area contributed by atoms with Gasteiger partial charge < -0.3 is 49.9 Å². The summed E-state index contributed by atoms with van der Waals surface area (Å²) in [7, 11) is -11.1. The molecule has 0 bridgehead atoms. The van der Waals surface area contributed by atoms with E-state index >= 15 is 0 Å². The smallest absolute Gasteiger partial charge is 0.394 e. The van der Waals surface area contributed by atoms with E-state index in [1.54, 1.807) is 0 Å². The Balaban J connectivity index is 1.61. The summed E-state index contributed by atoms with van der Waals surface area (Å²) in [6.45, 7) is -1.93. The number of hydrogen-bond donors (Lipinski definition) is 9. The Kier molecular flexibility index (Phi) is 9.05. The van der Waals surface area contributed by atoms with Crippen LogP contribution < -0.4 is 11.2 Å². The first kappa shape index (κ1) is 29.2. The number of phosphoric acid groups is 2. The van der Waals surface area contributed by atoms with Crippen molar-refractivity contribution in [3.8, 4) is 0 Å². The highest BCUT2D eigenvalue weighted by atomic mass is 31.3. The summed E-state index contributed by atoms with van der Waals surface area (Å²) in [4.78, 5) is 44.5. The molecule has 0 saturated carbocycles. The van der Waals surface area contributed by atoms with Gasteiger partial charge in [0.1, 0.15) is 42.7 Å². The minimum absolute atomic E-state index is 0.723. The molecule has 0 amide bonds. The van der Waals surface area contributed by atoms with E-state index in [1.165, 1.54) is 0 Å². The predicted octanol–water partition coefficient (Wildman–Crippen LogP) is -4.79. The van der Waals surface area contributed by atoms with E-state index in [0.29, 0.717) is 0 Å². The van der Waals surface area contributed by atoms with Gasteiger partial charge in [0, 0.05) is 12.3 Å². The fourth-order valence-corrected chi connectivity index (χ4v) is 5.51. The summed E-state index contributed by atoms with van der Waals surface area (Å²) < 4.78 is 48.1. The average Bonchev–Trinajstić information content (AvgIpc) is 3.06. The van der Waals surface area contributed by atoms with Crippen molar-refractivity contribution in [2.75, 3.05) is 13.2 Å². The first-order chi connectivity index (χ1) is 16.7. The van der Waals surface area contributed by atoms with E-state index in [-0.39, 0.29) is 0 Å². The number of rotatable bonds is 9. The summed E-state index contributed by atoms with van der Waals surface area (Å²) in [6, 6.07) is 0.928. The lowest BCUT2D eigenvalue weighted by Crippen LogP contribution is -2.58. The molecule has 2 saturated heterocycles. The second kappa shape index (κ2) is 11.2. The zero-order chi connectivity index (χ0) is 27.0. The molecular weight excluding hydrogens is 542 g/mol. The molecule has 1 aromatic heterocycles. The Hall–Kier alpha value is -1.38. The molecular formula is C15H24N2O17P2. The molecule has 9 N–H and O–H groups in total. The second-order valence-corrected chi connectivity index (χ2v) is 10.7. The van der Waals surface area contributed by atoms with Gasteiger partial charge in [-0.2, -0.15) is 4.31 Å². The Morgan fingerprint density at radius 2 is 1.56 bits per heavy atom. The zero-order valence-corrected chi connectivity index (χ0v) is 19.6. The molecule has 206 valence electrons. The largest absolute Gasteiger partial charge is 0.483 e. The quantitative estimate of drug-likeness (QED) is 0.127. The van der Waals surface area contributed by atoms with Crippen LogP contribution in [0.25, 0.3) is 0 Å². The molecule has 21 heteroatoms. The van der Waals surface area contributed by atoms with Gasteiger partial charge in [-0.25, -0.2) is 13.9 Å². The van der Waals surface area contributed by atoms with Gasteiger partial charge in [-0.05, 0) is 0 Å². The molecule has 2 fully saturated rings. The van der Waals surface area contributed by atoms with E-state index in [1.807, 2.05) is 4.98 Å². The highest BCUT2D eigenvalue weighted by molar-refractivity contribution is 7.61. The molecule has 0 radical (unpaired) electrons. The number of hydrogen-bond acceptors (Lipinski definition) is 15. The predicted molar refractivity (Wildman–Crippen MR) is 109 cm³/mol. The number of aromatic amines is 1. The number of aromatic nitrogens is 2. The number of H-pyrrole nitrogens is 1. The summed E-state index contributed by atoms with van der Waals surface area (Å²) in [5.41, 5.74) is -1.75. The van der Waals surface area contributed by atoms with E-state index in [0.717, 1.165) is 16.8 Å². The molecule has 0 aromatic carbocycles. The molecule has 3 rings (SSSR count). The van der Waals surface area contributed by atoms with Gasteiger partial charge in [-0.15, -0.1) is 0 Å². The maximum Gasteiger partial charge on any atom is 0.483 e. The van der Waals surface area contributed by atoms with Crippen LogP contribution in [0.5, 0.6) is 0 Å². The van der Waals surface area contributed by atoms with E-state index in [4.69, 9.17) is 14.6 Å². The molecule has 3 heterocycles. The van der Waals surface area contributed by atoms with Gasteiger partial charge >= 0.3 is 21.3 Å². The number of phosphoric ester groups is 2. The normalized spacial score (nSPS) is 38.4. The third kappa shape index (κ3) is 6.54. The first-order valence-corrected chi connectivity index (χ1v) is 13.0. The van der Waals surface area contributed by atoms with Crippen LogP contribution in [-0.4, -0.2) is 112 Å². The lowest BCUT2D eigenvalue weighted by Gasteiger charge is -2.39. The van der Waals surface area contributed by atoms with Gasteiger partial charge in [0.15, 0.2) is 12.5 Å². The van der Waals surface area contributed by atoms with Crippen LogP contribution in [0.4, 0.5) is 0 Å². The van der Waals surface area contributed by atoms with Gasteiger partial charge in [0.05, 0.1) is 13.2 Å². The molecule has 0 aliphatic carbocycles. The number of aliphatic hydroxyl groups is 6. The van der Waals surface area contributed by atoms with Crippen molar-refractivity contribution in [2.24, 2.45) is 0 Å². The molecule has 2 aliphatic heterocycles. The Bertz CT molecular complexity index is 1120. The Morgan fingerprint density at radius 1 is 0.917 bits per heavy atom. The third-order valence-electron chi connectivity index (χ3n) is 5.16. The Morgan fingerprint density at radius 3 is 2.17 bits per heavy atom. The van der Waals surface area contributed by atoms with Crippen molar-refractivity contribution < 1.29 is 72.4 Å². The fourth-order valence-electron chi connectivity index (χ4n) is 3.35. The molecule has 11 atom stereocenters. The number of ether oxygens (including phenoxy) is 2. The second-order valence-electron chi connectivity index (χ2n) is 7.68. The van der Waals surface area contributed by atoms with Crippen molar-refractivity contribution in [1.29, 1.82) is 0 Å². The SMILES string of the molecule is O=c1ccn([C@@H]2O[C@H](COP(=O)(O)OP(=O)(O)O[C@H]3OC(CO)[C@H](O)[C@@H](O)C3O)[C@H](O)C2O)c(=O)[nH]1. The summed E-state index contributed by atoms with van der Waals surface area (Å²) >= 11 is 0. The van der Waals surface area contributed by atoms with Gasteiger partial charge in [0.25, 0.3) is 5.56 Å². The lowest BCUT2D eigenvalue weighted by atomic mass is 10.00. The van der Waals surface area contributed by atoms with Gasteiger partial charge in [0.2, 0.25) is 0 Å². The summed E-state index contributed by atoms with van der Waals surface area (Å²) in [6.07, 6.45) is -15.4. The van der Waals surface area contributed by atoms with Gasteiger partial charge in [-0.3, -0.25) is 23.4 Å². The minimum atomic E-state index is -5.59. The lowest BCUT2D eigenvalue weighted by molar-refractivity contribution is -0.280. The third-order valence-corrected chi connectivity index (χ3v) is 7.76. The van der Waals surface area contributed by atoms with Crippen molar-refractivity contribution >= 4 is 15.6 Å². The van der Waals surface area contributed by atoms with E-state index in [2.05, 4.69) is 13.4 Å². The maximum absolute atomic E-state index is 12.2. The molecule has 1 aromatic rings. The topological polar surface area (TPSA) is 297 Å². The fraction of sp³-hybridized carbons (Fsp3) is 0.733. The van der Waals surface area contributed by atoms with Crippen LogP contribution in [0.2, 0.25) is 0 Å².